The fourth-order valence-corrected chi connectivity index (χ4v) is 1.23. The third-order valence-corrected chi connectivity index (χ3v) is 1.70. The molecule has 1 nitrogen and oxygen atoms in total. The minimum Gasteiger partial charge on any atom is -0.393 e. The Labute approximate surface area is 50.7 Å². The summed E-state index contributed by atoms with van der Waals surface area (Å²) in [5, 5.41) is 9.03. The highest BCUT2D eigenvalue weighted by Crippen LogP contribution is 2.35. The van der Waals surface area contributed by atoms with Crippen LogP contribution in [0.15, 0.2) is 0 Å². The van der Waals surface area contributed by atoms with Crippen molar-refractivity contribution in [2.24, 2.45) is 5.41 Å². The van der Waals surface area contributed by atoms with Crippen LogP contribution in [0.25, 0.3) is 0 Å². The monoisotopic (exact) mass is 113 g/mol. The Kier molecular flexibility index (Phi) is 1.31. The first-order valence-corrected chi connectivity index (χ1v) is 3.13. The lowest BCUT2D eigenvalue weighted by atomic mass is 9.92. The maximum Gasteiger partial charge on any atom is 0.0548 e. The normalized spacial score (nSPS) is 35.6. The van der Waals surface area contributed by atoms with Gasteiger partial charge in [0.05, 0.1) is 6.10 Å². The van der Waals surface area contributed by atoms with Crippen molar-refractivity contribution in [1.82, 2.24) is 0 Å². The van der Waals surface area contributed by atoms with E-state index in [1.165, 1.54) is 0 Å². The highest BCUT2D eigenvalue weighted by Gasteiger charge is 2.29. The van der Waals surface area contributed by atoms with Crippen molar-refractivity contribution in [1.29, 1.82) is 0 Å². The third-order valence-electron chi connectivity index (χ3n) is 1.70. The number of aliphatic hydroxyl groups is 1. The quantitative estimate of drug-likeness (QED) is 0.503. The van der Waals surface area contributed by atoms with Crippen molar-refractivity contribution in [3.8, 4) is 0 Å². The SMILES string of the molecule is CC1(C)[CH]CC(O)C1. The van der Waals surface area contributed by atoms with Gasteiger partial charge < -0.3 is 5.11 Å². The molecule has 0 saturated heterocycles. The largest absolute Gasteiger partial charge is 0.393 e. The smallest absolute Gasteiger partial charge is 0.0548 e. The van der Waals surface area contributed by atoms with Crippen LogP contribution in [0.1, 0.15) is 26.7 Å². The molecule has 1 atom stereocenters. The van der Waals surface area contributed by atoms with Crippen LogP contribution in [-0.2, 0) is 0 Å². The topological polar surface area (TPSA) is 20.2 Å². The Hall–Kier alpha value is -0.0400. The van der Waals surface area contributed by atoms with E-state index in [0.29, 0.717) is 5.41 Å². The van der Waals surface area contributed by atoms with E-state index in [4.69, 9.17) is 5.11 Å². The number of rotatable bonds is 0. The van der Waals surface area contributed by atoms with Crippen LogP contribution in [0, 0.1) is 11.8 Å². The molecule has 1 saturated carbocycles. The summed E-state index contributed by atoms with van der Waals surface area (Å²) in [5.74, 6) is 0. The predicted octanol–water partition coefficient (Wildman–Crippen LogP) is 1.37. The summed E-state index contributed by atoms with van der Waals surface area (Å²) in [6, 6.07) is 0. The van der Waals surface area contributed by atoms with Crippen molar-refractivity contribution in [2.75, 3.05) is 0 Å². The molecule has 8 heavy (non-hydrogen) atoms. The molecule has 0 spiro atoms. The molecule has 0 aromatic rings. The van der Waals surface area contributed by atoms with Gasteiger partial charge in [0.1, 0.15) is 0 Å². The lowest BCUT2D eigenvalue weighted by molar-refractivity contribution is 0.168. The minimum atomic E-state index is -0.0648. The minimum absolute atomic E-state index is 0.0648. The Morgan fingerprint density at radius 2 is 2.25 bits per heavy atom. The van der Waals surface area contributed by atoms with Gasteiger partial charge in [-0.3, -0.25) is 0 Å². The molecule has 47 valence electrons. The van der Waals surface area contributed by atoms with Crippen molar-refractivity contribution in [3.63, 3.8) is 0 Å². The standard InChI is InChI=1S/C7H13O/c1-7(2)4-3-6(8)5-7/h4,6,8H,3,5H2,1-2H3. The van der Waals surface area contributed by atoms with E-state index in [1.54, 1.807) is 0 Å². The summed E-state index contributed by atoms with van der Waals surface area (Å²) in [5.41, 5.74) is 0.291. The van der Waals surface area contributed by atoms with Gasteiger partial charge in [0, 0.05) is 0 Å². The summed E-state index contributed by atoms with van der Waals surface area (Å²) in [6.45, 7) is 4.31. The molecule has 1 fully saturated rings. The second kappa shape index (κ2) is 1.73. The lowest BCUT2D eigenvalue weighted by Gasteiger charge is -2.14. The molecular weight excluding hydrogens is 100 g/mol. The van der Waals surface area contributed by atoms with Crippen LogP contribution < -0.4 is 0 Å². The first kappa shape index (κ1) is 6.09. The van der Waals surface area contributed by atoms with E-state index >= 15 is 0 Å². The van der Waals surface area contributed by atoms with Crippen LogP contribution in [0.2, 0.25) is 0 Å². The van der Waals surface area contributed by atoms with Crippen LogP contribution in [0.3, 0.4) is 0 Å². The number of aliphatic hydroxyl groups excluding tert-OH is 1. The summed E-state index contributed by atoms with van der Waals surface area (Å²) >= 11 is 0. The molecule has 1 rings (SSSR count). The van der Waals surface area contributed by atoms with E-state index < -0.39 is 0 Å². The van der Waals surface area contributed by atoms with Gasteiger partial charge >= 0.3 is 0 Å². The second-order valence-corrected chi connectivity index (χ2v) is 3.29. The Bertz CT molecular complexity index is 86.4. The van der Waals surface area contributed by atoms with E-state index in [0.717, 1.165) is 12.8 Å². The highest BCUT2D eigenvalue weighted by molar-refractivity contribution is 4.95. The summed E-state index contributed by atoms with van der Waals surface area (Å²) in [4.78, 5) is 0. The van der Waals surface area contributed by atoms with Gasteiger partial charge in [-0.2, -0.15) is 0 Å². The molecule has 1 N–H and O–H groups in total. The molecule has 0 bridgehead atoms. The van der Waals surface area contributed by atoms with Gasteiger partial charge in [-0.05, 0) is 24.7 Å². The van der Waals surface area contributed by atoms with Crippen molar-refractivity contribution in [2.45, 2.75) is 32.8 Å². The fraction of sp³-hybridized carbons (Fsp3) is 0.857. The zero-order valence-corrected chi connectivity index (χ0v) is 5.52. The van der Waals surface area contributed by atoms with Crippen LogP contribution in [0.5, 0.6) is 0 Å². The van der Waals surface area contributed by atoms with Gasteiger partial charge in [-0.15, -0.1) is 0 Å². The Morgan fingerprint density at radius 3 is 2.38 bits per heavy atom. The molecule has 1 heteroatoms. The van der Waals surface area contributed by atoms with Crippen LogP contribution >= 0.6 is 0 Å². The van der Waals surface area contributed by atoms with Crippen molar-refractivity contribution >= 4 is 0 Å². The fourth-order valence-electron chi connectivity index (χ4n) is 1.23. The van der Waals surface area contributed by atoms with E-state index in [2.05, 4.69) is 20.3 Å². The Morgan fingerprint density at radius 1 is 1.62 bits per heavy atom. The maximum atomic E-state index is 9.03. The summed E-state index contributed by atoms with van der Waals surface area (Å²) < 4.78 is 0. The number of hydrogen-bond acceptors (Lipinski definition) is 1. The van der Waals surface area contributed by atoms with Gasteiger partial charge in [-0.1, -0.05) is 13.8 Å². The maximum absolute atomic E-state index is 9.03. The Balaban J connectivity index is 2.44. The lowest BCUT2D eigenvalue weighted by Crippen LogP contribution is -2.07. The van der Waals surface area contributed by atoms with E-state index in [1.807, 2.05) is 0 Å². The number of hydrogen-bond donors (Lipinski definition) is 1. The zero-order chi connectivity index (χ0) is 6.20. The highest BCUT2D eigenvalue weighted by atomic mass is 16.3. The molecule has 1 aliphatic carbocycles. The molecule has 0 heterocycles. The molecule has 1 unspecified atom stereocenters. The average molecular weight is 113 g/mol. The first-order valence-electron chi connectivity index (χ1n) is 3.13. The zero-order valence-electron chi connectivity index (χ0n) is 5.52. The molecular formula is C7H13O. The van der Waals surface area contributed by atoms with Crippen LogP contribution in [-0.4, -0.2) is 11.2 Å². The van der Waals surface area contributed by atoms with E-state index in [-0.39, 0.29) is 6.10 Å². The van der Waals surface area contributed by atoms with Gasteiger partial charge in [0.25, 0.3) is 0 Å². The van der Waals surface area contributed by atoms with E-state index in [9.17, 15) is 0 Å². The molecule has 0 aromatic carbocycles. The van der Waals surface area contributed by atoms with Crippen molar-refractivity contribution in [3.05, 3.63) is 6.42 Å². The summed E-state index contributed by atoms with van der Waals surface area (Å²) in [6.07, 6.45) is 3.95. The molecule has 1 aliphatic rings. The molecule has 1 radical (unpaired) electrons. The third kappa shape index (κ3) is 1.22. The van der Waals surface area contributed by atoms with Gasteiger partial charge in [0.2, 0.25) is 0 Å². The second-order valence-electron chi connectivity index (χ2n) is 3.29. The van der Waals surface area contributed by atoms with Gasteiger partial charge in [0.15, 0.2) is 0 Å². The average Bonchev–Trinajstić information content (AvgIpc) is 1.82. The van der Waals surface area contributed by atoms with Crippen LogP contribution in [0.4, 0.5) is 0 Å². The summed E-state index contributed by atoms with van der Waals surface area (Å²) in [7, 11) is 0. The predicted molar refractivity (Wildman–Crippen MR) is 33.3 cm³/mol. The first-order chi connectivity index (χ1) is 3.60. The molecule has 0 aliphatic heterocycles. The van der Waals surface area contributed by atoms with Gasteiger partial charge in [-0.25, -0.2) is 0 Å². The molecule has 0 amide bonds. The molecule has 0 aromatic heterocycles. The van der Waals surface area contributed by atoms with Crippen molar-refractivity contribution < 1.29 is 5.11 Å².